The summed E-state index contributed by atoms with van der Waals surface area (Å²) in [5.74, 6) is 0. The van der Waals surface area contributed by atoms with E-state index in [2.05, 4.69) is 39.3 Å². The SMILES string of the molecule is CCCCCOP(OCCN)N(C(C)C)C(C)C. The largest absolute Gasteiger partial charge is 0.328 e. The van der Waals surface area contributed by atoms with Gasteiger partial charge in [0.05, 0.1) is 13.2 Å². The lowest BCUT2D eigenvalue weighted by atomic mass is 10.3. The molecule has 110 valence electrons. The van der Waals surface area contributed by atoms with E-state index in [-0.39, 0.29) is 0 Å². The number of hydrogen-bond acceptors (Lipinski definition) is 4. The molecule has 0 rings (SSSR count). The monoisotopic (exact) mass is 278 g/mol. The molecule has 0 fully saturated rings. The fourth-order valence-electron chi connectivity index (χ4n) is 1.77. The van der Waals surface area contributed by atoms with Gasteiger partial charge in [-0.1, -0.05) is 19.8 Å². The highest BCUT2D eigenvalue weighted by atomic mass is 31.2. The zero-order valence-corrected chi connectivity index (χ0v) is 13.6. The lowest BCUT2D eigenvalue weighted by molar-refractivity contribution is 0.175. The van der Waals surface area contributed by atoms with Crippen molar-refractivity contribution in [2.24, 2.45) is 5.73 Å². The van der Waals surface area contributed by atoms with Crippen molar-refractivity contribution in [3.63, 3.8) is 0 Å². The Morgan fingerprint density at radius 3 is 2.00 bits per heavy atom. The lowest BCUT2D eigenvalue weighted by Crippen LogP contribution is -2.34. The van der Waals surface area contributed by atoms with Crippen LogP contribution in [0.25, 0.3) is 0 Å². The van der Waals surface area contributed by atoms with Crippen LogP contribution in [0.1, 0.15) is 53.9 Å². The summed E-state index contributed by atoms with van der Waals surface area (Å²) in [5, 5.41) is 0. The first-order valence-electron chi connectivity index (χ1n) is 7.08. The maximum Gasteiger partial charge on any atom is 0.259 e. The fourth-order valence-corrected chi connectivity index (χ4v) is 3.41. The summed E-state index contributed by atoms with van der Waals surface area (Å²) >= 11 is 0. The Balaban J connectivity index is 4.33. The summed E-state index contributed by atoms with van der Waals surface area (Å²) in [6.45, 7) is 12.8. The second-order valence-corrected chi connectivity index (χ2v) is 6.42. The molecule has 0 spiro atoms. The highest BCUT2D eigenvalue weighted by Crippen LogP contribution is 2.45. The van der Waals surface area contributed by atoms with Crippen molar-refractivity contribution in [1.82, 2.24) is 4.67 Å². The van der Waals surface area contributed by atoms with E-state index >= 15 is 0 Å². The third-order valence-corrected chi connectivity index (χ3v) is 4.62. The van der Waals surface area contributed by atoms with Crippen LogP contribution in [-0.4, -0.2) is 36.5 Å². The summed E-state index contributed by atoms with van der Waals surface area (Å²) in [4.78, 5) is 0. The van der Waals surface area contributed by atoms with Gasteiger partial charge in [-0.05, 0) is 34.1 Å². The molecule has 4 nitrogen and oxygen atoms in total. The van der Waals surface area contributed by atoms with Gasteiger partial charge in [0, 0.05) is 18.6 Å². The number of hydrogen-bond donors (Lipinski definition) is 1. The molecule has 0 aromatic rings. The summed E-state index contributed by atoms with van der Waals surface area (Å²) in [5.41, 5.74) is 5.52. The first kappa shape index (κ1) is 18.3. The van der Waals surface area contributed by atoms with Gasteiger partial charge >= 0.3 is 0 Å². The van der Waals surface area contributed by atoms with E-state index in [1.165, 1.54) is 12.8 Å². The van der Waals surface area contributed by atoms with Gasteiger partial charge in [0.1, 0.15) is 0 Å². The molecule has 0 aromatic carbocycles. The molecule has 1 unspecified atom stereocenters. The van der Waals surface area contributed by atoms with Gasteiger partial charge in [-0.25, -0.2) is 4.67 Å². The highest BCUT2D eigenvalue weighted by molar-refractivity contribution is 7.44. The van der Waals surface area contributed by atoms with Gasteiger partial charge in [0.25, 0.3) is 8.53 Å². The molecule has 0 radical (unpaired) electrons. The molecule has 0 saturated heterocycles. The summed E-state index contributed by atoms with van der Waals surface area (Å²) in [6, 6.07) is 0.833. The predicted octanol–water partition coefficient (Wildman–Crippen LogP) is 3.51. The number of rotatable bonds is 11. The van der Waals surface area contributed by atoms with Crippen molar-refractivity contribution in [2.45, 2.75) is 66.0 Å². The third kappa shape index (κ3) is 7.65. The molecule has 0 saturated carbocycles. The van der Waals surface area contributed by atoms with Gasteiger partial charge in [0.15, 0.2) is 0 Å². The van der Waals surface area contributed by atoms with Gasteiger partial charge in [0.2, 0.25) is 0 Å². The topological polar surface area (TPSA) is 47.7 Å². The second kappa shape index (κ2) is 11.1. The first-order chi connectivity index (χ1) is 8.54. The van der Waals surface area contributed by atoms with E-state index in [0.717, 1.165) is 13.0 Å². The van der Waals surface area contributed by atoms with Crippen LogP contribution >= 0.6 is 8.53 Å². The molecule has 0 heterocycles. The molecule has 5 heteroatoms. The van der Waals surface area contributed by atoms with Crippen molar-refractivity contribution in [1.29, 1.82) is 0 Å². The third-order valence-electron chi connectivity index (χ3n) is 2.52. The van der Waals surface area contributed by atoms with E-state index in [4.69, 9.17) is 14.8 Å². The van der Waals surface area contributed by atoms with Gasteiger partial charge < -0.3 is 14.8 Å². The van der Waals surface area contributed by atoms with Crippen LogP contribution in [0, 0.1) is 0 Å². The molecule has 18 heavy (non-hydrogen) atoms. The second-order valence-electron chi connectivity index (χ2n) is 4.97. The van der Waals surface area contributed by atoms with Gasteiger partial charge in [-0.15, -0.1) is 0 Å². The van der Waals surface area contributed by atoms with Crippen LogP contribution in [-0.2, 0) is 9.05 Å². The zero-order chi connectivity index (χ0) is 14.0. The normalized spacial score (nSPS) is 13.8. The average Bonchev–Trinajstić information content (AvgIpc) is 2.30. The molecule has 0 aliphatic carbocycles. The lowest BCUT2D eigenvalue weighted by Gasteiger charge is -2.35. The minimum Gasteiger partial charge on any atom is -0.328 e. The molecule has 2 N–H and O–H groups in total. The molecule has 1 atom stereocenters. The number of unbranched alkanes of at least 4 members (excludes halogenated alkanes) is 2. The predicted molar refractivity (Wildman–Crippen MR) is 79.5 cm³/mol. The molecule has 0 aliphatic heterocycles. The Labute approximate surface area is 114 Å². The van der Waals surface area contributed by atoms with Crippen LogP contribution in [0.3, 0.4) is 0 Å². The standard InChI is InChI=1S/C13H31N2O2P/c1-6-7-8-10-16-18(17-11-9-14)15(12(2)3)13(4)5/h12-13H,6-11,14H2,1-5H3. The van der Waals surface area contributed by atoms with E-state index in [9.17, 15) is 0 Å². The summed E-state index contributed by atoms with van der Waals surface area (Å²) < 4.78 is 14.0. The van der Waals surface area contributed by atoms with Crippen LogP contribution < -0.4 is 5.73 Å². The van der Waals surface area contributed by atoms with Gasteiger partial charge in [-0.2, -0.15) is 0 Å². The maximum atomic E-state index is 5.94. The molecule has 0 amide bonds. The maximum absolute atomic E-state index is 5.94. The zero-order valence-electron chi connectivity index (χ0n) is 12.7. The van der Waals surface area contributed by atoms with E-state index in [0.29, 0.717) is 25.2 Å². The quantitative estimate of drug-likeness (QED) is 0.464. The summed E-state index contributed by atoms with van der Waals surface area (Å²) in [6.07, 6.45) is 3.53. The van der Waals surface area contributed by atoms with Crippen LogP contribution in [0.2, 0.25) is 0 Å². The van der Waals surface area contributed by atoms with Crippen LogP contribution in [0.5, 0.6) is 0 Å². The molecule has 0 bridgehead atoms. The van der Waals surface area contributed by atoms with Crippen molar-refractivity contribution in [3.8, 4) is 0 Å². The van der Waals surface area contributed by atoms with Crippen molar-refractivity contribution >= 4 is 8.53 Å². The Kier molecular flexibility index (Phi) is 11.3. The minimum absolute atomic E-state index is 0.417. The molecular weight excluding hydrogens is 247 g/mol. The number of nitrogens with zero attached hydrogens (tertiary/aromatic N) is 1. The smallest absolute Gasteiger partial charge is 0.259 e. The van der Waals surface area contributed by atoms with Crippen molar-refractivity contribution < 1.29 is 9.05 Å². The van der Waals surface area contributed by atoms with Crippen molar-refractivity contribution in [2.75, 3.05) is 19.8 Å². The molecule has 0 aromatic heterocycles. The number of nitrogens with two attached hydrogens (primary N) is 1. The molecule has 0 aliphatic rings. The molecular formula is C13H31N2O2P. The minimum atomic E-state index is -0.972. The van der Waals surface area contributed by atoms with Crippen LogP contribution in [0.4, 0.5) is 0 Å². The highest BCUT2D eigenvalue weighted by Gasteiger charge is 2.26. The van der Waals surface area contributed by atoms with E-state index < -0.39 is 8.53 Å². The first-order valence-corrected chi connectivity index (χ1v) is 8.21. The van der Waals surface area contributed by atoms with Crippen molar-refractivity contribution in [3.05, 3.63) is 0 Å². The summed E-state index contributed by atoms with van der Waals surface area (Å²) in [7, 11) is -0.972. The Morgan fingerprint density at radius 1 is 1.00 bits per heavy atom. The van der Waals surface area contributed by atoms with E-state index in [1.807, 2.05) is 0 Å². The van der Waals surface area contributed by atoms with Crippen LogP contribution in [0.15, 0.2) is 0 Å². The Bertz CT molecular complexity index is 184. The Morgan fingerprint density at radius 2 is 1.56 bits per heavy atom. The average molecular weight is 278 g/mol. The van der Waals surface area contributed by atoms with Gasteiger partial charge in [-0.3, -0.25) is 0 Å². The fraction of sp³-hybridized carbons (Fsp3) is 1.00. The van der Waals surface area contributed by atoms with E-state index in [1.54, 1.807) is 0 Å². The Hall–Kier alpha value is 0.270.